The van der Waals surface area contributed by atoms with Crippen molar-refractivity contribution in [3.63, 3.8) is 0 Å². The van der Waals surface area contributed by atoms with Crippen LogP contribution in [0.1, 0.15) is 64.6 Å². The number of rotatable bonds is 15. The Labute approximate surface area is 214 Å². The molecule has 1 aliphatic heterocycles. The van der Waals surface area contributed by atoms with Gasteiger partial charge < -0.3 is 29.5 Å². The summed E-state index contributed by atoms with van der Waals surface area (Å²) in [5.74, 6) is -1.26. The summed E-state index contributed by atoms with van der Waals surface area (Å²) in [6, 6.07) is 3.15. The van der Waals surface area contributed by atoms with E-state index in [-0.39, 0.29) is 49.0 Å². The smallest absolute Gasteiger partial charge is 0.331 e. The minimum Gasteiger partial charge on any atom is -0.476 e. The van der Waals surface area contributed by atoms with E-state index in [1.807, 2.05) is 4.90 Å². The van der Waals surface area contributed by atoms with E-state index in [2.05, 4.69) is 10.3 Å². The summed E-state index contributed by atoms with van der Waals surface area (Å²) in [7, 11) is 1.62. The first-order valence-electron chi connectivity index (χ1n) is 14.8. The third-order valence-corrected chi connectivity index (χ3v) is 6.69. The molecule has 0 aromatic carbocycles. The van der Waals surface area contributed by atoms with Crippen LogP contribution < -0.4 is 15.0 Å². The van der Waals surface area contributed by atoms with Gasteiger partial charge in [0.15, 0.2) is 0 Å². The molecule has 2 fully saturated rings. The standard InChI is InChI=1S/C25H38FN3O6/c1-4-25(5-2,24(32)34-11-7-6-10-26)28-22(31)20-8-9-21(29-13-19(14-29)33-3)23(27-20)35-16-18-12-17(18)15-30/h8-9,17-19,30H,4-7,10-16H2,1-3H3,(H,28,31)/t17-,18-/m1/s1/i6D2,7D2,10D2. The van der Waals surface area contributed by atoms with Crippen molar-refractivity contribution in [3.05, 3.63) is 17.8 Å². The summed E-state index contributed by atoms with van der Waals surface area (Å²) >= 11 is 0. The first-order valence-corrected chi connectivity index (χ1v) is 11.8. The Morgan fingerprint density at radius 3 is 2.63 bits per heavy atom. The normalized spacial score (nSPS) is 23.5. The number of aliphatic hydroxyl groups excluding tert-OH is 1. The van der Waals surface area contributed by atoms with Gasteiger partial charge in [-0.2, -0.15) is 0 Å². The number of amides is 1. The number of hydrogen-bond acceptors (Lipinski definition) is 8. The van der Waals surface area contributed by atoms with Crippen LogP contribution >= 0.6 is 0 Å². The van der Waals surface area contributed by atoms with E-state index in [0.29, 0.717) is 25.4 Å². The molecule has 0 bridgehead atoms. The van der Waals surface area contributed by atoms with Crippen LogP contribution in [0.4, 0.5) is 10.1 Å². The van der Waals surface area contributed by atoms with Gasteiger partial charge in [-0.15, -0.1) is 0 Å². The highest BCUT2D eigenvalue weighted by atomic mass is 19.1. The van der Waals surface area contributed by atoms with E-state index in [1.54, 1.807) is 27.0 Å². The first kappa shape index (κ1) is 19.7. The SMILES string of the molecule is [2H]C([2H])(F)C([2H])([2H])C([2H])([2H])COC(=O)C(CC)(CC)NC(=O)c1ccc(N2CC(OC)C2)c(OC[C@H]2C[C@@H]2CO)n1. The maximum Gasteiger partial charge on any atom is 0.331 e. The van der Waals surface area contributed by atoms with Crippen molar-refractivity contribution in [2.75, 3.05) is 51.5 Å². The lowest BCUT2D eigenvalue weighted by Crippen LogP contribution is -2.54. The average Bonchev–Trinajstić information content (AvgIpc) is 3.67. The minimum absolute atomic E-state index is 0.0196. The lowest BCUT2D eigenvalue weighted by molar-refractivity contribution is -0.152. The summed E-state index contributed by atoms with van der Waals surface area (Å²) < 4.78 is 74.6. The van der Waals surface area contributed by atoms with Crippen molar-refractivity contribution in [3.8, 4) is 5.88 Å². The number of esters is 1. The van der Waals surface area contributed by atoms with Gasteiger partial charge in [-0.05, 0) is 56.0 Å². The molecule has 1 amide bonds. The van der Waals surface area contributed by atoms with Crippen LogP contribution in [0.2, 0.25) is 0 Å². The van der Waals surface area contributed by atoms with Crippen LogP contribution in [-0.2, 0) is 14.3 Å². The van der Waals surface area contributed by atoms with E-state index < -0.39 is 43.4 Å². The number of halogens is 1. The van der Waals surface area contributed by atoms with Crippen molar-refractivity contribution >= 4 is 17.6 Å². The van der Waals surface area contributed by atoms with E-state index in [9.17, 15) is 19.1 Å². The zero-order valence-electron chi connectivity index (χ0n) is 26.3. The highest BCUT2D eigenvalue weighted by Crippen LogP contribution is 2.39. The van der Waals surface area contributed by atoms with Crippen molar-refractivity contribution in [2.45, 2.75) is 57.5 Å². The highest BCUT2D eigenvalue weighted by Gasteiger charge is 2.40. The van der Waals surface area contributed by atoms with Crippen molar-refractivity contribution in [1.29, 1.82) is 0 Å². The third kappa shape index (κ3) is 6.61. The summed E-state index contributed by atoms with van der Waals surface area (Å²) in [4.78, 5) is 32.8. The molecule has 3 rings (SSSR count). The molecular formula is C25H38FN3O6. The second-order valence-electron chi connectivity index (χ2n) is 8.75. The molecule has 2 aliphatic rings. The average molecular weight is 502 g/mol. The summed E-state index contributed by atoms with van der Waals surface area (Å²) in [6.07, 6.45) is -5.91. The molecule has 1 saturated heterocycles. The summed E-state index contributed by atoms with van der Waals surface area (Å²) in [5.41, 5.74) is -1.04. The maximum absolute atomic E-state index is 13.7. The van der Waals surface area contributed by atoms with Crippen LogP contribution in [0.25, 0.3) is 0 Å². The molecule has 0 radical (unpaired) electrons. The zero-order valence-corrected chi connectivity index (χ0v) is 20.3. The Morgan fingerprint density at radius 1 is 1.29 bits per heavy atom. The number of methoxy groups -OCH3 is 1. The zero-order chi connectivity index (χ0) is 30.8. The number of pyridine rings is 1. The van der Waals surface area contributed by atoms with Gasteiger partial charge in [0.2, 0.25) is 5.88 Å². The van der Waals surface area contributed by atoms with E-state index in [1.165, 1.54) is 6.07 Å². The number of alkyl halides is 1. The molecule has 1 saturated carbocycles. The number of anilines is 1. The number of carbonyl (C=O) groups excluding carboxylic acids is 2. The molecule has 35 heavy (non-hydrogen) atoms. The van der Waals surface area contributed by atoms with Gasteiger partial charge in [0.25, 0.3) is 5.91 Å². The van der Waals surface area contributed by atoms with E-state index >= 15 is 0 Å². The predicted octanol–water partition coefficient (Wildman–Crippen LogP) is 2.51. The molecule has 2 atom stereocenters. The largest absolute Gasteiger partial charge is 0.476 e. The van der Waals surface area contributed by atoms with E-state index in [4.69, 9.17) is 22.4 Å². The molecule has 9 nitrogen and oxygen atoms in total. The van der Waals surface area contributed by atoms with Crippen molar-refractivity contribution < 1.29 is 41.5 Å². The monoisotopic (exact) mass is 501 g/mol. The summed E-state index contributed by atoms with van der Waals surface area (Å²) in [6.45, 7) is -0.542. The van der Waals surface area contributed by atoms with Crippen molar-refractivity contribution in [1.82, 2.24) is 10.3 Å². The number of ether oxygens (including phenoxy) is 3. The number of carbonyl (C=O) groups is 2. The van der Waals surface area contributed by atoms with Gasteiger partial charge in [0, 0.05) is 32.3 Å². The second-order valence-corrected chi connectivity index (χ2v) is 8.75. The molecule has 1 aromatic heterocycles. The van der Waals surface area contributed by atoms with Gasteiger partial charge in [0.05, 0.1) is 28.7 Å². The van der Waals surface area contributed by atoms with Crippen LogP contribution in [-0.4, -0.2) is 80.3 Å². The van der Waals surface area contributed by atoms with Crippen molar-refractivity contribution in [2.24, 2.45) is 11.8 Å². The lowest BCUT2D eigenvalue weighted by atomic mass is 9.92. The number of aliphatic hydroxyl groups is 1. The molecule has 2 heterocycles. The molecule has 10 heteroatoms. The fraction of sp³-hybridized carbons (Fsp3) is 0.720. The molecule has 0 spiro atoms. The number of hydrogen-bond donors (Lipinski definition) is 2. The molecule has 0 unspecified atom stereocenters. The Morgan fingerprint density at radius 2 is 2.03 bits per heavy atom. The Kier molecular flexibility index (Phi) is 7.03. The Bertz CT molecular complexity index is 1100. The Balaban J connectivity index is 1.76. The Hall–Kier alpha value is -2.46. The van der Waals surface area contributed by atoms with Gasteiger partial charge in [-0.25, -0.2) is 9.78 Å². The van der Waals surface area contributed by atoms with Crippen LogP contribution in [0, 0.1) is 11.8 Å². The molecule has 196 valence electrons. The second kappa shape index (κ2) is 12.5. The molecular weight excluding hydrogens is 457 g/mol. The van der Waals surface area contributed by atoms with Gasteiger partial charge in [-0.3, -0.25) is 9.18 Å². The molecule has 1 aliphatic carbocycles. The molecule has 1 aromatic rings. The quantitative estimate of drug-likeness (QED) is 0.353. The third-order valence-electron chi connectivity index (χ3n) is 6.69. The highest BCUT2D eigenvalue weighted by molar-refractivity contribution is 5.97. The number of aromatic nitrogens is 1. The molecule has 2 N–H and O–H groups in total. The first-order chi connectivity index (χ1) is 19.1. The lowest BCUT2D eigenvalue weighted by Gasteiger charge is -2.40. The fourth-order valence-electron chi connectivity index (χ4n) is 3.97. The van der Waals surface area contributed by atoms with Crippen LogP contribution in [0.5, 0.6) is 5.88 Å². The predicted molar refractivity (Wildman–Crippen MR) is 128 cm³/mol. The fourth-order valence-corrected chi connectivity index (χ4v) is 3.97. The summed E-state index contributed by atoms with van der Waals surface area (Å²) in [5, 5.41) is 11.9. The van der Waals surface area contributed by atoms with E-state index in [0.717, 1.165) is 6.42 Å². The number of nitrogens with one attached hydrogen (secondary N) is 1. The minimum atomic E-state index is -4.04. The van der Waals surface area contributed by atoms with Gasteiger partial charge in [-0.1, -0.05) is 13.8 Å². The van der Waals surface area contributed by atoms with Crippen LogP contribution in [0.3, 0.4) is 0 Å². The topological polar surface area (TPSA) is 110 Å². The van der Waals surface area contributed by atoms with Gasteiger partial charge >= 0.3 is 5.97 Å². The van der Waals surface area contributed by atoms with Gasteiger partial charge in [0.1, 0.15) is 16.9 Å². The van der Waals surface area contributed by atoms with Crippen LogP contribution in [0.15, 0.2) is 12.1 Å². The number of nitrogens with zero attached hydrogens (tertiary/aromatic N) is 2. The maximum atomic E-state index is 13.7.